The van der Waals surface area contributed by atoms with Gasteiger partial charge in [-0.25, -0.2) is 4.99 Å². The van der Waals surface area contributed by atoms with Gasteiger partial charge in [-0.3, -0.25) is 5.41 Å². The van der Waals surface area contributed by atoms with Crippen molar-refractivity contribution in [3.05, 3.63) is 174 Å². The molecule has 0 spiro atoms. The average molecular weight is 615 g/mol. The highest BCUT2D eigenvalue weighted by Gasteiger charge is 2.25. The van der Waals surface area contributed by atoms with Gasteiger partial charge in [0.15, 0.2) is 0 Å². The molecule has 1 aliphatic rings. The maximum Gasteiger partial charge on any atom is 0.143 e. The van der Waals surface area contributed by atoms with Crippen LogP contribution in [0.2, 0.25) is 0 Å². The lowest BCUT2D eigenvalue weighted by molar-refractivity contribution is 0.670. The standard InChI is InChI=1S/C45H30N2O/c1-2-40(47-44-38-21-8-6-19-36(38)35-18-5-7-20-37(35)43(44)46)32-16-10-14-30(27-32)29-13-9-15-31(26-29)34-22-11-23-39-42-33-17-4-3-12-28(33)24-25-41(42)48-45(34)39/h2-27,46H,1H3/b40-2-,46-43?,47-44?. The van der Waals surface area contributed by atoms with Crippen LogP contribution in [0.25, 0.3) is 71.8 Å². The average Bonchev–Trinajstić information content (AvgIpc) is 3.55. The van der Waals surface area contributed by atoms with E-state index in [-0.39, 0.29) is 0 Å². The normalized spacial score (nSPS) is 13.7. The number of benzene rings is 7. The third kappa shape index (κ3) is 4.44. The number of hydrogen-bond donors (Lipinski definition) is 1. The van der Waals surface area contributed by atoms with E-state index in [2.05, 4.69) is 121 Å². The van der Waals surface area contributed by atoms with Crippen molar-refractivity contribution in [2.24, 2.45) is 4.99 Å². The van der Waals surface area contributed by atoms with Crippen molar-refractivity contribution in [1.29, 1.82) is 5.41 Å². The molecule has 1 aliphatic carbocycles. The van der Waals surface area contributed by atoms with Gasteiger partial charge >= 0.3 is 0 Å². The summed E-state index contributed by atoms with van der Waals surface area (Å²) in [6.07, 6.45) is 2.03. The van der Waals surface area contributed by atoms with E-state index in [1.54, 1.807) is 0 Å². The van der Waals surface area contributed by atoms with Crippen molar-refractivity contribution in [3.8, 4) is 33.4 Å². The van der Waals surface area contributed by atoms with E-state index in [0.29, 0.717) is 11.4 Å². The second-order valence-corrected chi connectivity index (χ2v) is 12.2. The fraction of sp³-hybridized carbons (Fsp3) is 0.0222. The largest absolute Gasteiger partial charge is 0.455 e. The van der Waals surface area contributed by atoms with Gasteiger partial charge in [-0.2, -0.15) is 0 Å². The van der Waals surface area contributed by atoms with Gasteiger partial charge in [0.05, 0.1) is 17.1 Å². The molecule has 0 saturated heterocycles. The van der Waals surface area contributed by atoms with Crippen molar-refractivity contribution in [1.82, 2.24) is 0 Å². The molecule has 0 atom stereocenters. The van der Waals surface area contributed by atoms with E-state index in [4.69, 9.17) is 14.8 Å². The number of aliphatic imine (C=N–C) groups is 1. The summed E-state index contributed by atoms with van der Waals surface area (Å²) in [6, 6.07) is 52.7. The van der Waals surface area contributed by atoms with Crippen LogP contribution in [0.4, 0.5) is 0 Å². The Kier molecular flexibility index (Phi) is 6.51. The predicted molar refractivity (Wildman–Crippen MR) is 201 cm³/mol. The molecule has 8 aromatic rings. The molecule has 3 heteroatoms. The lowest BCUT2D eigenvalue weighted by Gasteiger charge is -2.22. The molecule has 0 amide bonds. The quantitative estimate of drug-likeness (QED) is 0.211. The zero-order chi connectivity index (χ0) is 32.2. The number of para-hydroxylation sites is 1. The molecule has 9 rings (SSSR count). The van der Waals surface area contributed by atoms with Crippen LogP contribution >= 0.6 is 0 Å². The summed E-state index contributed by atoms with van der Waals surface area (Å²) in [5.41, 5.74) is 13.2. The maximum atomic E-state index is 9.14. The number of furan rings is 1. The smallest absolute Gasteiger partial charge is 0.143 e. The highest BCUT2D eigenvalue weighted by atomic mass is 16.3. The molecule has 0 radical (unpaired) electrons. The van der Waals surface area contributed by atoms with Gasteiger partial charge in [-0.05, 0) is 63.7 Å². The fourth-order valence-corrected chi connectivity index (χ4v) is 7.17. The van der Waals surface area contributed by atoms with E-state index in [0.717, 1.165) is 77.7 Å². The van der Waals surface area contributed by atoms with Gasteiger partial charge in [-0.15, -0.1) is 0 Å². The maximum absolute atomic E-state index is 9.14. The number of nitrogens with one attached hydrogen (secondary N) is 1. The number of hydrogen-bond acceptors (Lipinski definition) is 3. The van der Waals surface area contributed by atoms with Crippen molar-refractivity contribution in [2.75, 3.05) is 0 Å². The van der Waals surface area contributed by atoms with Crippen LogP contribution in [-0.2, 0) is 0 Å². The Bertz CT molecular complexity index is 2650. The van der Waals surface area contributed by atoms with Crippen LogP contribution < -0.4 is 0 Å². The van der Waals surface area contributed by atoms with Crippen molar-refractivity contribution >= 4 is 49.8 Å². The Labute approximate surface area is 278 Å². The van der Waals surface area contributed by atoms with Gasteiger partial charge in [0.2, 0.25) is 0 Å². The molecule has 1 heterocycles. The zero-order valence-electron chi connectivity index (χ0n) is 26.4. The van der Waals surface area contributed by atoms with Gasteiger partial charge in [0.1, 0.15) is 11.2 Å². The Hall–Kier alpha value is -6.32. The van der Waals surface area contributed by atoms with Crippen LogP contribution in [0.3, 0.4) is 0 Å². The number of nitrogens with zero attached hydrogens (tertiary/aromatic N) is 1. The van der Waals surface area contributed by atoms with E-state index >= 15 is 0 Å². The molecule has 0 saturated carbocycles. The molecular weight excluding hydrogens is 585 g/mol. The Morgan fingerprint density at radius 2 is 1.19 bits per heavy atom. The SMILES string of the molecule is C/C=C(\N=C1C(=N)c2ccccc2-c2ccccc21)c1cccc(-c2cccc(-c3cccc4c3oc3ccc5ccccc5c34)c2)c1. The summed E-state index contributed by atoms with van der Waals surface area (Å²) in [4.78, 5) is 5.16. The van der Waals surface area contributed by atoms with E-state index < -0.39 is 0 Å². The molecule has 7 aromatic carbocycles. The first-order chi connectivity index (χ1) is 23.7. The summed E-state index contributed by atoms with van der Waals surface area (Å²) < 4.78 is 6.55. The van der Waals surface area contributed by atoms with Gasteiger partial charge in [-0.1, -0.05) is 140 Å². The summed E-state index contributed by atoms with van der Waals surface area (Å²) >= 11 is 0. The van der Waals surface area contributed by atoms with E-state index in [1.807, 2.05) is 43.3 Å². The van der Waals surface area contributed by atoms with E-state index in [9.17, 15) is 0 Å². The molecule has 0 fully saturated rings. The third-order valence-electron chi connectivity index (χ3n) is 9.46. The van der Waals surface area contributed by atoms with Gasteiger partial charge in [0, 0.05) is 33.0 Å². The second kappa shape index (κ2) is 11.2. The molecule has 226 valence electrons. The van der Waals surface area contributed by atoms with Crippen LogP contribution in [0.15, 0.2) is 167 Å². The van der Waals surface area contributed by atoms with Crippen LogP contribution in [0, 0.1) is 5.41 Å². The summed E-state index contributed by atoms with van der Waals surface area (Å²) in [5, 5.41) is 13.8. The third-order valence-corrected chi connectivity index (χ3v) is 9.46. The second-order valence-electron chi connectivity index (χ2n) is 12.2. The Morgan fingerprint density at radius 1 is 0.562 bits per heavy atom. The molecular formula is C45H30N2O. The molecule has 0 bridgehead atoms. The number of fused-ring (bicyclic) bond motifs is 8. The predicted octanol–water partition coefficient (Wildman–Crippen LogP) is 12.0. The first-order valence-electron chi connectivity index (χ1n) is 16.3. The van der Waals surface area contributed by atoms with Crippen LogP contribution in [0.1, 0.15) is 23.6 Å². The minimum atomic E-state index is 0.445. The Morgan fingerprint density at radius 3 is 2.02 bits per heavy atom. The highest BCUT2D eigenvalue weighted by Crippen LogP contribution is 2.40. The topological polar surface area (TPSA) is 49.4 Å². The minimum absolute atomic E-state index is 0.445. The summed E-state index contributed by atoms with van der Waals surface area (Å²) in [6.45, 7) is 2.01. The molecule has 1 aromatic heterocycles. The number of rotatable bonds is 4. The first kappa shape index (κ1) is 27.9. The van der Waals surface area contributed by atoms with Crippen molar-refractivity contribution in [2.45, 2.75) is 6.92 Å². The first-order valence-corrected chi connectivity index (χ1v) is 16.3. The fourth-order valence-electron chi connectivity index (χ4n) is 7.17. The molecule has 48 heavy (non-hydrogen) atoms. The summed E-state index contributed by atoms with van der Waals surface area (Å²) in [5.74, 6) is 0. The highest BCUT2D eigenvalue weighted by molar-refractivity contribution is 6.56. The lowest BCUT2D eigenvalue weighted by atomic mass is 9.83. The minimum Gasteiger partial charge on any atom is -0.455 e. The molecule has 1 N–H and O–H groups in total. The number of allylic oxidation sites excluding steroid dienone is 1. The monoisotopic (exact) mass is 614 g/mol. The van der Waals surface area contributed by atoms with Crippen molar-refractivity contribution < 1.29 is 4.42 Å². The van der Waals surface area contributed by atoms with Crippen LogP contribution in [0.5, 0.6) is 0 Å². The Balaban J connectivity index is 1.11. The van der Waals surface area contributed by atoms with E-state index in [1.165, 1.54) is 10.8 Å². The molecule has 0 aliphatic heterocycles. The van der Waals surface area contributed by atoms with Crippen molar-refractivity contribution in [3.63, 3.8) is 0 Å². The zero-order valence-corrected chi connectivity index (χ0v) is 26.4. The lowest BCUT2D eigenvalue weighted by Crippen LogP contribution is -2.22. The molecule has 0 unspecified atom stereocenters. The van der Waals surface area contributed by atoms with Crippen LogP contribution in [-0.4, -0.2) is 11.4 Å². The molecule has 3 nitrogen and oxygen atoms in total. The van der Waals surface area contributed by atoms with Gasteiger partial charge < -0.3 is 4.42 Å². The summed E-state index contributed by atoms with van der Waals surface area (Å²) in [7, 11) is 0. The van der Waals surface area contributed by atoms with Gasteiger partial charge in [0.25, 0.3) is 0 Å².